The number of halogens is 1. The number of ether oxygens (including phenoxy) is 1. The molecule has 0 aromatic rings. The molecular weight excluding hydrogens is 417 g/mol. The fraction of sp³-hybridized carbons (Fsp3) is 0.889. The quantitative estimate of drug-likeness (QED) is 0.190. The van der Waals surface area contributed by atoms with Crippen LogP contribution in [-0.2, 0) is 9.53 Å². The summed E-state index contributed by atoms with van der Waals surface area (Å²) in [6.07, 6.45) is 7.28. The highest BCUT2D eigenvalue weighted by atomic mass is 127. The Morgan fingerprint density at radius 2 is 1.83 bits per heavy atom. The van der Waals surface area contributed by atoms with Crippen molar-refractivity contribution in [2.45, 2.75) is 65.7 Å². The Morgan fingerprint density at radius 3 is 2.46 bits per heavy atom. The number of carbonyl (C=O) groups excluding carboxylic acids is 1. The molecule has 0 amide bonds. The molecule has 0 radical (unpaired) electrons. The van der Waals surface area contributed by atoms with Gasteiger partial charge in [-0.1, -0.05) is 19.8 Å². The Hall–Kier alpha value is -0.530. The summed E-state index contributed by atoms with van der Waals surface area (Å²) in [6, 6.07) is 0. The van der Waals surface area contributed by atoms with Gasteiger partial charge >= 0.3 is 5.97 Å². The summed E-state index contributed by atoms with van der Waals surface area (Å²) in [4.78, 5) is 18.4. The predicted octanol–water partition coefficient (Wildman–Crippen LogP) is 3.82. The summed E-state index contributed by atoms with van der Waals surface area (Å²) < 4.78 is 4.93. The number of rotatable bonds is 9. The van der Waals surface area contributed by atoms with Gasteiger partial charge in [-0.3, -0.25) is 9.79 Å². The van der Waals surface area contributed by atoms with E-state index in [0.29, 0.717) is 13.0 Å². The van der Waals surface area contributed by atoms with Crippen molar-refractivity contribution >= 4 is 35.9 Å². The molecule has 0 saturated carbocycles. The maximum atomic E-state index is 11.2. The Balaban J connectivity index is 0.00000529. The van der Waals surface area contributed by atoms with Crippen molar-refractivity contribution < 1.29 is 9.53 Å². The number of nitrogens with zero attached hydrogens (tertiary/aromatic N) is 2. The standard InChI is InChI=1S/C18H35N3O2.HI/c1-4-19-18(21-14-11-16(3)12-15-21)20-13-9-7-6-8-10-17(22)23-5-2;/h16H,4-15H2,1-3H3,(H,19,20);1H. The molecule has 24 heavy (non-hydrogen) atoms. The number of likely N-dealkylation sites (tertiary alicyclic amines) is 1. The maximum Gasteiger partial charge on any atom is 0.305 e. The summed E-state index contributed by atoms with van der Waals surface area (Å²) in [6.45, 7) is 10.8. The van der Waals surface area contributed by atoms with Crippen LogP contribution in [0.3, 0.4) is 0 Å². The molecule has 1 N–H and O–H groups in total. The number of carbonyl (C=O) groups is 1. The van der Waals surface area contributed by atoms with Crippen LogP contribution < -0.4 is 5.32 Å². The molecule has 0 aromatic carbocycles. The van der Waals surface area contributed by atoms with E-state index in [9.17, 15) is 4.79 Å². The van der Waals surface area contributed by atoms with Gasteiger partial charge in [0.1, 0.15) is 0 Å². The van der Waals surface area contributed by atoms with Crippen LogP contribution in [0.5, 0.6) is 0 Å². The summed E-state index contributed by atoms with van der Waals surface area (Å²) in [5.41, 5.74) is 0. The maximum absolute atomic E-state index is 11.2. The number of piperidine rings is 1. The Morgan fingerprint density at radius 1 is 1.17 bits per heavy atom. The number of hydrogen-bond acceptors (Lipinski definition) is 3. The summed E-state index contributed by atoms with van der Waals surface area (Å²) in [5, 5.41) is 3.41. The number of nitrogens with one attached hydrogen (secondary N) is 1. The molecule has 5 nitrogen and oxygen atoms in total. The molecule has 142 valence electrons. The first kappa shape index (κ1) is 23.5. The molecule has 1 aliphatic heterocycles. The lowest BCUT2D eigenvalue weighted by molar-refractivity contribution is -0.143. The third kappa shape index (κ3) is 10.4. The van der Waals surface area contributed by atoms with Gasteiger partial charge < -0.3 is 15.0 Å². The van der Waals surface area contributed by atoms with Gasteiger partial charge in [-0.25, -0.2) is 0 Å². The molecule has 0 bridgehead atoms. The minimum atomic E-state index is -0.0701. The number of unbranched alkanes of at least 4 members (excludes halogenated alkanes) is 3. The van der Waals surface area contributed by atoms with E-state index in [2.05, 4.69) is 24.1 Å². The molecule has 1 saturated heterocycles. The van der Waals surface area contributed by atoms with Crippen LogP contribution in [0.4, 0.5) is 0 Å². The van der Waals surface area contributed by atoms with Crippen molar-refractivity contribution in [3.8, 4) is 0 Å². The van der Waals surface area contributed by atoms with E-state index in [1.807, 2.05) is 6.92 Å². The second kappa shape index (κ2) is 14.8. The topological polar surface area (TPSA) is 53.9 Å². The van der Waals surface area contributed by atoms with Crippen LogP contribution in [0.25, 0.3) is 0 Å². The van der Waals surface area contributed by atoms with Gasteiger partial charge in [-0.05, 0) is 45.4 Å². The highest BCUT2D eigenvalue weighted by Gasteiger charge is 2.18. The Kier molecular flexibility index (Phi) is 14.5. The molecule has 1 aliphatic rings. The molecule has 0 unspecified atom stereocenters. The molecule has 1 rings (SSSR count). The Bertz CT molecular complexity index is 356. The minimum Gasteiger partial charge on any atom is -0.466 e. The zero-order valence-corrected chi connectivity index (χ0v) is 18.0. The van der Waals surface area contributed by atoms with E-state index in [0.717, 1.165) is 63.7 Å². The minimum absolute atomic E-state index is 0. The smallest absolute Gasteiger partial charge is 0.305 e. The molecule has 1 heterocycles. The van der Waals surface area contributed by atoms with Gasteiger partial charge in [0.05, 0.1) is 6.61 Å². The lowest BCUT2D eigenvalue weighted by Gasteiger charge is -2.33. The molecule has 0 spiro atoms. The molecule has 0 aliphatic carbocycles. The first-order valence-corrected chi connectivity index (χ1v) is 9.36. The lowest BCUT2D eigenvalue weighted by Crippen LogP contribution is -2.45. The first-order chi connectivity index (χ1) is 11.2. The highest BCUT2D eigenvalue weighted by Crippen LogP contribution is 2.16. The molecule has 0 aromatic heterocycles. The molecular formula is C18H36IN3O2. The second-order valence-electron chi connectivity index (χ2n) is 6.37. The third-order valence-corrected chi connectivity index (χ3v) is 4.27. The van der Waals surface area contributed by atoms with Crippen LogP contribution in [0.2, 0.25) is 0 Å². The van der Waals surface area contributed by atoms with E-state index >= 15 is 0 Å². The summed E-state index contributed by atoms with van der Waals surface area (Å²) in [7, 11) is 0. The van der Waals surface area contributed by atoms with Gasteiger partial charge in [0.15, 0.2) is 5.96 Å². The van der Waals surface area contributed by atoms with Crippen molar-refractivity contribution in [3.63, 3.8) is 0 Å². The van der Waals surface area contributed by atoms with Crippen LogP contribution in [0, 0.1) is 5.92 Å². The van der Waals surface area contributed by atoms with Gasteiger partial charge in [-0.15, -0.1) is 24.0 Å². The van der Waals surface area contributed by atoms with E-state index < -0.39 is 0 Å². The Labute approximate surface area is 165 Å². The lowest BCUT2D eigenvalue weighted by atomic mass is 10.00. The second-order valence-corrected chi connectivity index (χ2v) is 6.37. The van der Waals surface area contributed by atoms with E-state index in [4.69, 9.17) is 9.73 Å². The van der Waals surface area contributed by atoms with Gasteiger partial charge in [-0.2, -0.15) is 0 Å². The van der Waals surface area contributed by atoms with Crippen molar-refractivity contribution in [2.24, 2.45) is 10.9 Å². The van der Waals surface area contributed by atoms with Crippen molar-refractivity contribution in [2.75, 3.05) is 32.8 Å². The monoisotopic (exact) mass is 453 g/mol. The van der Waals surface area contributed by atoms with E-state index in [1.54, 1.807) is 0 Å². The fourth-order valence-corrected chi connectivity index (χ4v) is 2.80. The van der Waals surface area contributed by atoms with Crippen LogP contribution >= 0.6 is 24.0 Å². The largest absolute Gasteiger partial charge is 0.466 e. The average molecular weight is 453 g/mol. The molecule has 6 heteroatoms. The SMILES string of the molecule is CCNC(=NCCCCCCC(=O)OCC)N1CCC(C)CC1.I. The number of guanidine groups is 1. The zero-order valence-electron chi connectivity index (χ0n) is 15.7. The van der Waals surface area contributed by atoms with Crippen LogP contribution in [0.15, 0.2) is 4.99 Å². The van der Waals surface area contributed by atoms with Crippen LogP contribution in [-0.4, -0.2) is 49.6 Å². The van der Waals surface area contributed by atoms with Gasteiger partial charge in [0.25, 0.3) is 0 Å². The summed E-state index contributed by atoms with van der Waals surface area (Å²) >= 11 is 0. The van der Waals surface area contributed by atoms with E-state index in [-0.39, 0.29) is 29.9 Å². The number of esters is 1. The van der Waals surface area contributed by atoms with Crippen molar-refractivity contribution in [1.82, 2.24) is 10.2 Å². The average Bonchev–Trinajstić information content (AvgIpc) is 2.54. The number of aliphatic imine (C=N–C) groups is 1. The number of hydrogen-bond donors (Lipinski definition) is 1. The molecule has 1 fully saturated rings. The van der Waals surface area contributed by atoms with Crippen molar-refractivity contribution in [1.29, 1.82) is 0 Å². The van der Waals surface area contributed by atoms with Gasteiger partial charge in [0, 0.05) is 32.6 Å². The normalized spacial score (nSPS) is 15.8. The zero-order chi connectivity index (χ0) is 16.9. The predicted molar refractivity (Wildman–Crippen MR) is 111 cm³/mol. The van der Waals surface area contributed by atoms with Crippen LogP contribution in [0.1, 0.15) is 65.7 Å². The third-order valence-electron chi connectivity index (χ3n) is 4.27. The fourth-order valence-electron chi connectivity index (χ4n) is 2.80. The molecule has 0 atom stereocenters. The first-order valence-electron chi connectivity index (χ1n) is 9.36. The highest BCUT2D eigenvalue weighted by molar-refractivity contribution is 14.0. The van der Waals surface area contributed by atoms with Gasteiger partial charge in [0.2, 0.25) is 0 Å². The summed E-state index contributed by atoms with van der Waals surface area (Å²) in [5.74, 6) is 1.85. The van der Waals surface area contributed by atoms with Crippen molar-refractivity contribution in [3.05, 3.63) is 0 Å². The van der Waals surface area contributed by atoms with E-state index in [1.165, 1.54) is 12.8 Å².